The number of aromatic nitrogens is 5. The molecule has 28 heavy (non-hydrogen) atoms. The Kier molecular flexibility index (Phi) is 4.48. The number of halogens is 2. The third kappa shape index (κ3) is 3.18. The van der Waals surface area contributed by atoms with Crippen LogP contribution in [0.1, 0.15) is 5.56 Å². The van der Waals surface area contributed by atoms with Crippen LogP contribution in [-0.2, 0) is 6.54 Å². The van der Waals surface area contributed by atoms with E-state index in [1.165, 1.54) is 22.7 Å². The standard InChI is InChI=1S/C19H15F2N5O2/c1-28-18-7-15(3-4-16(18)13-8-22-23-9-13)26-19(27)25(11-24-26)10-12-6-14(20)2-5-17(12)21/h2-9,11H,10H2,1H3,(H,22,23). The van der Waals surface area contributed by atoms with Crippen LogP contribution in [-0.4, -0.2) is 31.7 Å². The average Bonchev–Trinajstić information content (AvgIpc) is 3.35. The first-order valence-electron chi connectivity index (χ1n) is 8.33. The van der Waals surface area contributed by atoms with E-state index < -0.39 is 17.3 Å². The van der Waals surface area contributed by atoms with E-state index in [-0.39, 0.29) is 12.1 Å². The zero-order valence-electron chi connectivity index (χ0n) is 14.8. The lowest BCUT2D eigenvalue weighted by molar-refractivity contribution is 0.416. The first-order valence-corrected chi connectivity index (χ1v) is 8.33. The van der Waals surface area contributed by atoms with Crippen molar-refractivity contribution >= 4 is 0 Å². The van der Waals surface area contributed by atoms with Gasteiger partial charge in [0, 0.05) is 29.0 Å². The molecule has 142 valence electrons. The Labute approximate surface area is 157 Å². The fraction of sp³-hybridized carbons (Fsp3) is 0.105. The second-order valence-electron chi connectivity index (χ2n) is 6.06. The van der Waals surface area contributed by atoms with Gasteiger partial charge in [-0.05, 0) is 30.3 Å². The number of methoxy groups -OCH3 is 1. The van der Waals surface area contributed by atoms with E-state index in [4.69, 9.17) is 4.74 Å². The minimum atomic E-state index is -0.591. The molecule has 7 nitrogen and oxygen atoms in total. The summed E-state index contributed by atoms with van der Waals surface area (Å²) in [6.45, 7) is -0.132. The number of hydrogen-bond acceptors (Lipinski definition) is 4. The Balaban J connectivity index is 1.69. The Bertz CT molecular complexity index is 1180. The van der Waals surface area contributed by atoms with Gasteiger partial charge in [0.25, 0.3) is 0 Å². The van der Waals surface area contributed by atoms with Crippen molar-refractivity contribution in [3.8, 4) is 22.6 Å². The van der Waals surface area contributed by atoms with Crippen molar-refractivity contribution in [3.05, 3.63) is 82.8 Å². The highest BCUT2D eigenvalue weighted by Crippen LogP contribution is 2.30. The Hall–Kier alpha value is -3.75. The molecule has 0 aliphatic rings. The highest BCUT2D eigenvalue weighted by molar-refractivity contribution is 5.70. The van der Waals surface area contributed by atoms with E-state index in [0.717, 1.165) is 29.3 Å². The van der Waals surface area contributed by atoms with Crippen LogP contribution in [0.2, 0.25) is 0 Å². The van der Waals surface area contributed by atoms with Gasteiger partial charge in [0.15, 0.2) is 0 Å². The summed E-state index contributed by atoms with van der Waals surface area (Å²) >= 11 is 0. The van der Waals surface area contributed by atoms with Crippen molar-refractivity contribution < 1.29 is 13.5 Å². The number of nitrogens with one attached hydrogen (secondary N) is 1. The van der Waals surface area contributed by atoms with Crippen molar-refractivity contribution in [2.75, 3.05) is 7.11 Å². The van der Waals surface area contributed by atoms with Crippen LogP contribution in [0.5, 0.6) is 5.75 Å². The molecule has 0 spiro atoms. The van der Waals surface area contributed by atoms with Crippen LogP contribution in [0.4, 0.5) is 8.78 Å². The molecule has 0 atom stereocenters. The summed E-state index contributed by atoms with van der Waals surface area (Å²) in [6.07, 6.45) is 4.67. The largest absolute Gasteiger partial charge is 0.496 e. The van der Waals surface area contributed by atoms with Crippen LogP contribution in [0.15, 0.2) is 59.9 Å². The molecule has 0 amide bonds. The zero-order chi connectivity index (χ0) is 19.7. The lowest BCUT2D eigenvalue weighted by Crippen LogP contribution is -2.24. The van der Waals surface area contributed by atoms with Gasteiger partial charge in [-0.15, -0.1) is 0 Å². The second-order valence-corrected chi connectivity index (χ2v) is 6.06. The summed E-state index contributed by atoms with van der Waals surface area (Å²) in [5.74, 6) is -0.625. The van der Waals surface area contributed by atoms with E-state index in [1.807, 2.05) is 0 Å². The first-order chi connectivity index (χ1) is 13.6. The topological polar surface area (TPSA) is 77.7 Å². The van der Waals surface area contributed by atoms with E-state index in [1.54, 1.807) is 30.6 Å². The summed E-state index contributed by atoms with van der Waals surface area (Å²) in [5.41, 5.74) is 1.70. The number of aromatic amines is 1. The Morgan fingerprint density at radius 1 is 1.18 bits per heavy atom. The second kappa shape index (κ2) is 7.10. The predicted octanol–water partition coefficient (Wildman–Crippen LogP) is 2.76. The minimum Gasteiger partial charge on any atom is -0.496 e. The van der Waals surface area contributed by atoms with Crippen molar-refractivity contribution in [1.82, 2.24) is 24.5 Å². The SMILES string of the molecule is COc1cc(-n2ncn(Cc3cc(F)ccc3F)c2=O)ccc1-c1cn[nH]c1. The molecular formula is C19H15F2N5O2. The van der Waals surface area contributed by atoms with Gasteiger partial charge in [0.2, 0.25) is 0 Å². The fourth-order valence-corrected chi connectivity index (χ4v) is 2.92. The summed E-state index contributed by atoms with van der Waals surface area (Å²) in [6, 6.07) is 8.28. The molecule has 0 bridgehead atoms. The highest BCUT2D eigenvalue weighted by atomic mass is 19.1. The lowest BCUT2D eigenvalue weighted by atomic mass is 10.1. The molecule has 0 unspecified atom stereocenters. The molecule has 0 aliphatic carbocycles. The van der Waals surface area contributed by atoms with Crippen molar-refractivity contribution in [3.63, 3.8) is 0 Å². The Morgan fingerprint density at radius 2 is 2.04 bits per heavy atom. The number of hydrogen-bond donors (Lipinski definition) is 1. The normalized spacial score (nSPS) is 11.0. The summed E-state index contributed by atoms with van der Waals surface area (Å²) < 4.78 is 35.0. The van der Waals surface area contributed by atoms with Crippen molar-refractivity contribution in [2.24, 2.45) is 0 Å². The number of nitrogens with zero attached hydrogens (tertiary/aromatic N) is 4. The number of ether oxygens (including phenoxy) is 1. The monoisotopic (exact) mass is 383 g/mol. The smallest absolute Gasteiger partial charge is 0.350 e. The Morgan fingerprint density at radius 3 is 2.79 bits per heavy atom. The third-order valence-electron chi connectivity index (χ3n) is 4.32. The maximum atomic E-state index is 13.9. The van der Waals surface area contributed by atoms with Crippen LogP contribution < -0.4 is 10.4 Å². The molecule has 2 aromatic carbocycles. The quantitative estimate of drug-likeness (QED) is 0.575. The van der Waals surface area contributed by atoms with Gasteiger partial charge < -0.3 is 4.74 Å². The van der Waals surface area contributed by atoms with Crippen molar-refractivity contribution in [2.45, 2.75) is 6.54 Å². The van der Waals surface area contributed by atoms with Crippen molar-refractivity contribution in [1.29, 1.82) is 0 Å². The fourth-order valence-electron chi connectivity index (χ4n) is 2.92. The highest BCUT2D eigenvalue weighted by Gasteiger charge is 2.14. The number of H-pyrrole nitrogens is 1. The molecule has 0 radical (unpaired) electrons. The molecule has 0 saturated carbocycles. The molecule has 2 heterocycles. The number of rotatable bonds is 5. The first kappa shape index (κ1) is 17.7. The average molecular weight is 383 g/mol. The van der Waals surface area contributed by atoms with Gasteiger partial charge in [0.1, 0.15) is 23.7 Å². The summed E-state index contributed by atoms with van der Waals surface area (Å²) in [4.78, 5) is 12.7. The molecular weight excluding hydrogens is 368 g/mol. The molecule has 2 aromatic heterocycles. The van der Waals surface area contributed by atoms with Crippen LogP contribution in [0.3, 0.4) is 0 Å². The van der Waals surface area contributed by atoms with Gasteiger partial charge in [-0.25, -0.2) is 13.6 Å². The lowest BCUT2D eigenvalue weighted by Gasteiger charge is -2.09. The molecule has 0 fully saturated rings. The summed E-state index contributed by atoms with van der Waals surface area (Å²) in [7, 11) is 1.52. The van der Waals surface area contributed by atoms with E-state index in [9.17, 15) is 13.6 Å². The third-order valence-corrected chi connectivity index (χ3v) is 4.32. The maximum absolute atomic E-state index is 13.9. The van der Waals surface area contributed by atoms with Crippen LogP contribution >= 0.6 is 0 Å². The molecule has 9 heteroatoms. The van der Waals surface area contributed by atoms with E-state index in [0.29, 0.717) is 11.4 Å². The zero-order valence-corrected chi connectivity index (χ0v) is 14.8. The van der Waals surface area contributed by atoms with E-state index >= 15 is 0 Å². The van der Waals surface area contributed by atoms with Crippen LogP contribution in [0.25, 0.3) is 16.8 Å². The van der Waals surface area contributed by atoms with Gasteiger partial charge in [0.05, 0.1) is 25.5 Å². The van der Waals surface area contributed by atoms with E-state index in [2.05, 4.69) is 15.3 Å². The molecule has 0 saturated heterocycles. The molecule has 4 rings (SSSR count). The van der Waals surface area contributed by atoms with Gasteiger partial charge in [-0.1, -0.05) is 0 Å². The molecule has 1 N–H and O–H groups in total. The van der Waals surface area contributed by atoms with Gasteiger partial charge >= 0.3 is 5.69 Å². The van der Waals surface area contributed by atoms with Crippen LogP contribution in [0, 0.1) is 11.6 Å². The molecule has 4 aromatic rings. The summed E-state index contributed by atoms with van der Waals surface area (Å²) in [5, 5.41) is 10.7. The molecule has 0 aliphatic heterocycles. The van der Waals surface area contributed by atoms with Gasteiger partial charge in [-0.2, -0.15) is 14.9 Å². The maximum Gasteiger partial charge on any atom is 0.350 e. The number of benzene rings is 2. The predicted molar refractivity (Wildman–Crippen MR) is 97.4 cm³/mol. The minimum absolute atomic E-state index is 0.0644. The van der Waals surface area contributed by atoms with Gasteiger partial charge in [-0.3, -0.25) is 9.67 Å².